The second-order valence-corrected chi connectivity index (χ2v) is 4.73. The van der Waals surface area contributed by atoms with Crippen molar-refractivity contribution in [2.24, 2.45) is 0 Å². The quantitative estimate of drug-likeness (QED) is 0.521. The lowest BCUT2D eigenvalue weighted by Gasteiger charge is -2.10. The third-order valence-corrected chi connectivity index (χ3v) is 3.40. The van der Waals surface area contributed by atoms with Crippen LogP contribution in [0.2, 0.25) is 0 Å². The topological polar surface area (TPSA) is 0 Å². The maximum absolute atomic E-state index is 3.16. The second kappa shape index (κ2) is 5.12. The van der Waals surface area contributed by atoms with Crippen LogP contribution in [0.15, 0.2) is 23.1 Å². The Labute approximate surface area is 91.1 Å². The van der Waals surface area contributed by atoms with Crippen molar-refractivity contribution in [1.29, 1.82) is 0 Å². The van der Waals surface area contributed by atoms with Gasteiger partial charge in [-0.1, -0.05) is 24.1 Å². The Morgan fingerprint density at radius 3 is 2.29 bits per heavy atom. The van der Waals surface area contributed by atoms with Crippen molar-refractivity contribution in [1.82, 2.24) is 0 Å². The third-order valence-electron chi connectivity index (χ3n) is 2.05. The summed E-state index contributed by atoms with van der Waals surface area (Å²) in [4.78, 5) is 1.38. The summed E-state index contributed by atoms with van der Waals surface area (Å²) in [5.41, 5.74) is 2.69. The standard InChI is InChI=1S/C13H16S/c1-5-7-12(4)14-13-10(2)8-6-9-11(13)3/h6,8-9,12H,1-4H3. The van der Waals surface area contributed by atoms with Crippen molar-refractivity contribution >= 4 is 11.8 Å². The van der Waals surface area contributed by atoms with Gasteiger partial charge in [-0.05, 0) is 38.8 Å². The largest absolute Gasteiger partial charge is 0.109 e. The van der Waals surface area contributed by atoms with Crippen LogP contribution in [0.25, 0.3) is 0 Å². The van der Waals surface area contributed by atoms with Crippen LogP contribution in [0, 0.1) is 25.7 Å². The van der Waals surface area contributed by atoms with Gasteiger partial charge in [0, 0.05) is 4.90 Å². The van der Waals surface area contributed by atoms with E-state index in [0.717, 1.165) is 0 Å². The van der Waals surface area contributed by atoms with Crippen molar-refractivity contribution in [2.45, 2.75) is 37.8 Å². The normalized spacial score (nSPS) is 11.7. The van der Waals surface area contributed by atoms with E-state index in [-0.39, 0.29) is 0 Å². The van der Waals surface area contributed by atoms with Gasteiger partial charge in [0.1, 0.15) is 0 Å². The number of aryl methyl sites for hydroxylation is 2. The zero-order chi connectivity index (χ0) is 10.6. The molecule has 0 fully saturated rings. The van der Waals surface area contributed by atoms with Crippen molar-refractivity contribution in [3.63, 3.8) is 0 Å². The van der Waals surface area contributed by atoms with Gasteiger partial charge in [0.05, 0.1) is 5.25 Å². The molecule has 0 aromatic heterocycles. The van der Waals surface area contributed by atoms with E-state index in [0.29, 0.717) is 5.25 Å². The Balaban J connectivity index is 2.89. The fraction of sp³-hybridized carbons (Fsp3) is 0.385. The minimum atomic E-state index is 0.375. The van der Waals surface area contributed by atoms with Crippen molar-refractivity contribution < 1.29 is 0 Å². The number of thioether (sulfide) groups is 1. The SMILES string of the molecule is CC#CC(C)Sc1c(C)cccc1C. The first-order valence-electron chi connectivity index (χ1n) is 4.80. The third kappa shape index (κ3) is 2.82. The summed E-state index contributed by atoms with van der Waals surface area (Å²) >= 11 is 1.85. The molecule has 74 valence electrons. The average molecular weight is 204 g/mol. The van der Waals surface area contributed by atoms with Crippen LogP contribution in [0.1, 0.15) is 25.0 Å². The lowest BCUT2D eigenvalue weighted by molar-refractivity contribution is 1.19. The maximum atomic E-state index is 3.16. The van der Waals surface area contributed by atoms with Crippen LogP contribution >= 0.6 is 11.8 Å². The molecule has 0 aliphatic carbocycles. The molecular weight excluding hydrogens is 188 g/mol. The number of hydrogen-bond acceptors (Lipinski definition) is 1. The summed E-state index contributed by atoms with van der Waals surface area (Å²) < 4.78 is 0. The molecule has 0 amide bonds. The fourth-order valence-electron chi connectivity index (χ4n) is 1.39. The van der Waals surface area contributed by atoms with Crippen LogP contribution in [-0.2, 0) is 0 Å². The molecule has 0 bridgehead atoms. The first kappa shape index (κ1) is 11.2. The minimum absolute atomic E-state index is 0.375. The molecule has 1 atom stereocenters. The van der Waals surface area contributed by atoms with Gasteiger partial charge in [-0.15, -0.1) is 17.7 Å². The van der Waals surface area contributed by atoms with Gasteiger partial charge < -0.3 is 0 Å². The van der Waals surface area contributed by atoms with E-state index in [1.807, 2.05) is 18.7 Å². The first-order chi connectivity index (χ1) is 6.65. The van der Waals surface area contributed by atoms with Gasteiger partial charge in [0.2, 0.25) is 0 Å². The van der Waals surface area contributed by atoms with E-state index >= 15 is 0 Å². The number of hydrogen-bond donors (Lipinski definition) is 0. The van der Waals surface area contributed by atoms with E-state index in [9.17, 15) is 0 Å². The molecule has 0 aliphatic heterocycles. The molecule has 14 heavy (non-hydrogen) atoms. The van der Waals surface area contributed by atoms with Crippen molar-refractivity contribution in [2.75, 3.05) is 0 Å². The molecule has 1 aromatic rings. The molecule has 0 N–H and O–H groups in total. The van der Waals surface area contributed by atoms with Gasteiger partial charge in [-0.3, -0.25) is 0 Å². The Bertz CT molecular complexity index is 348. The molecule has 0 radical (unpaired) electrons. The highest BCUT2D eigenvalue weighted by Crippen LogP contribution is 2.29. The van der Waals surface area contributed by atoms with Crippen LogP contribution in [-0.4, -0.2) is 5.25 Å². The molecule has 1 heteroatoms. The van der Waals surface area contributed by atoms with Crippen LogP contribution in [0.3, 0.4) is 0 Å². The smallest absolute Gasteiger partial charge is 0.0676 e. The Kier molecular flexibility index (Phi) is 4.10. The fourth-order valence-corrected chi connectivity index (χ4v) is 2.43. The molecule has 0 saturated carbocycles. The van der Waals surface area contributed by atoms with Gasteiger partial charge >= 0.3 is 0 Å². The molecule has 0 spiro atoms. The van der Waals surface area contributed by atoms with Gasteiger partial charge in [0.15, 0.2) is 0 Å². The monoisotopic (exact) mass is 204 g/mol. The van der Waals surface area contributed by atoms with E-state index in [2.05, 4.69) is 50.8 Å². The Morgan fingerprint density at radius 1 is 1.21 bits per heavy atom. The molecule has 1 aromatic carbocycles. The van der Waals surface area contributed by atoms with Gasteiger partial charge in [0.25, 0.3) is 0 Å². The molecule has 1 unspecified atom stereocenters. The lowest BCUT2D eigenvalue weighted by atomic mass is 10.2. The first-order valence-corrected chi connectivity index (χ1v) is 5.68. The number of rotatable bonds is 2. The van der Waals surface area contributed by atoms with Crippen LogP contribution in [0.5, 0.6) is 0 Å². The van der Waals surface area contributed by atoms with Crippen molar-refractivity contribution in [3.8, 4) is 11.8 Å². The van der Waals surface area contributed by atoms with Gasteiger partial charge in [-0.2, -0.15) is 0 Å². The summed E-state index contributed by atoms with van der Waals surface area (Å²) in [5, 5.41) is 0.375. The highest BCUT2D eigenvalue weighted by atomic mass is 32.2. The summed E-state index contributed by atoms with van der Waals surface area (Å²) in [6.07, 6.45) is 0. The predicted octanol–water partition coefficient (Wildman–Crippen LogP) is 3.81. The van der Waals surface area contributed by atoms with Crippen LogP contribution < -0.4 is 0 Å². The zero-order valence-corrected chi connectivity index (χ0v) is 10.0. The number of benzene rings is 1. The lowest BCUT2D eigenvalue weighted by Crippen LogP contribution is -1.93. The predicted molar refractivity (Wildman–Crippen MR) is 64.7 cm³/mol. The summed E-state index contributed by atoms with van der Waals surface area (Å²) in [6, 6.07) is 6.41. The van der Waals surface area contributed by atoms with E-state index in [1.54, 1.807) is 0 Å². The highest BCUT2D eigenvalue weighted by molar-refractivity contribution is 8.00. The van der Waals surface area contributed by atoms with E-state index < -0.39 is 0 Å². The maximum Gasteiger partial charge on any atom is 0.0676 e. The summed E-state index contributed by atoms with van der Waals surface area (Å²) in [5.74, 6) is 6.12. The molecule has 0 aliphatic rings. The van der Waals surface area contributed by atoms with E-state index in [4.69, 9.17) is 0 Å². The average Bonchev–Trinajstić information content (AvgIpc) is 2.12. The molecule has 1 rings (SSSR count). The van der Waals surface area contributed by atoms with Crippen LogP contribution in [0.4, 0.5) is 0 Å². The highest BCUT2D eigenvalue weighted by Gasteiger charge is 2.05. The molecule has 0 nitrogen and oxygen atoms in total. The Morgan fingerprint density at radius 2 is 1.79 bits per heavy atom. The van der Waals surface area contributed by atoms with Gasteiger partial charge in [-0.25, -0.2) is 0 Å². The second-order valence-electron chi connectivity index (χ2n) is 3.38. The Hall–Kier alpha value is -0.870. The molecule has 0 heterocycles. The summed E-state index contributed by atoms with van der Waals surface area (Å²) in [6.45, 7) is 8.34. The van der Waals surface area contributed by atoms with E-state index in [1.165, 1.54) is 16.0 Å². The minimum Gasteiger partial charge on any atom is -0.109 e. The molecular formula is C13H16S. The zero-order valence-electron chi connectivity index (χ0n) is 9.22. The van der Waals surface area contributed by atoms with Crippen molar-refractivity contribution in [3.05, 3.63) is 29.3 Å². The molecule has 0 saturated heterocycles. The summed E-state index contributed by atoms with van der Waals surface area (Å²) in [7, 11) is 0.